The molecule has 2 aromatic rings. The molecular weight excluding hydrogens is 350 g/mol. The molecular formula is C19H17N3O5. The number of fused-ring (bicyclic) bond motifs is 1. The number of anilines is 1. The van der Waals surface area contributed by atoms with Crippen LogP contribution in [-0.4, -0.2) is 31.9 Å². The molecule has 0 unspecified atom stereocenters. The van der Waals surface area contributed by atoms with Crippen LogP contribution in [0.1, 0.15) is 10.4 Å². The molecule has 0 aliphatic carbocycles. The first-order valence-corrected chi connectivity index (χ1v) is 8.05. The normalized spacial score (nSPS) is 11.1. The Hall–Kier alpha value is -3.86. The number of urea groups is 1. The minimum Gasteiger partial charge on any atom is -0.480 e. The molecule has 0 saturated heterocycles. The molecule has 0 bridgehead atoms. The van der Waals surface area contributed by atoms with E-state index in [1.54, 1.807) is 42.5 Å². The fourth-order valence-corrected chi connectivity index (χ4v) is 2.30. The van der Waals surface area contributed by atoms with Crippen LogP contribution < -0.4 is 30.6 Å². The Bertz CT molecular complexity index is 917. The van der Waals surface area contributed by atoms with Gasteiger partial charge in [-0.1, -0.05) is 24.0 Å². The number of carbonyl (C=O) groups excluding carboxylic acids is 2. The van der Waals surface area contributed by atoms with Crippen molar-refractivity contribution in [2.75, 3.05) is 25.3 Å². The standard InChI is InChI=1S/C19H17N3O5/c20-18(23)14-5-1-2-6-15(14)25-10-4-3-9-21-19(24)22-13-7-8-16-17(11-13)27-12-26-16/h1-2,5-8,11H,9-10,12H2,(H2,20,23)(H2,21,22,24). The molecule has 1 aliphatic heterocycles. The lowest BCUT2D eigenvalue weighted by Gasteiger charge is -2.06. The fourth-order valence-electron chi connectivity index (χ4n) is 2.30. The van der Waals surface area contributed by atoms with Crippen LogP contribution in [0.2, 0.25) is 0 Å². The average molecular weight is 367 g/mol. The second kappa shape index (κ2) is 8.49. The predicted octanol–water partition coefficient (Wildman–Crippen LogP) is 1.72. The molecule has 2 aromatic carbocycles. The van der Waals surface area contributed by atoms with E-state index in [0.717, 1.165) is 0 Å². The van der Waals surface area contributed by atoms with Crippen LogP contribution in [0.3, 0.4) is 0 Å². The molecule has 8 nitrogen and oxygen atoms in total. The number of rotatable bonds is 5. The number of nitrogens with one attached hydrogen (secondary N) is 2. The average Bonchev–Trinajstić information content (AvgIpc) is 3.12. The minimum atomic E-state index is -0.569. The van der Waals surface area contributed by atoms with Gasteiger partial charge in [0.05, 0.1) is 12.1 Å². The first-order chi connectivity index (χ1) is 13.1. The van der Waals surface area contributed by atoms with E-state index in [-0.39, 0.29) is 19.9 Å². The third-order valence-corrected chi connectivity index (χ3v) is 3.55. The van der Waals surface area contributed by atoms with Crippen molar-refractivity contribution >= 4 is 17.6 Å². The third kappa shape index (κ3) is 4.83. The van der Waals surface area contributed by atoms with E-state index in [9.17, 15) is 9.59 Å². The van der Waals surface area contributed by atoms with Crippen LogP contribution in [-0.2, 0) is 0 Å². The molecule has 0 saturated carbocycles. The van der Waals surface area contributed by atoms with Gasteiger partial charge in [0.1, 0.15) is 12.4 Å². The summed E-state index contributed by atoms with van der Waals surface area (Å²) in [6, 6.07) is 11.4. The van der Waals surface area contributed by atoms with Crippen LogP contribution in [0.15, 0.2) is 42.5 Å². The molecule has 4 N–H and O–H groups in total. The van der Waals surface area contributed by atoms with Gasteiger partial charge in [-0.2, -0.15) is 0 Å². The maximum Gasteiger partial charge on any atom is 0.319 e. The SMILES string of the molecule is NC(=O)c1ccccc1OCC#CCNC(=O)Nc1ccc2c(c1)OCO2. The van der Waals surface area contributed by atoms with Crippen LogP contribution >= 0.6 is 0 Å². The van der Waals surface area contributed by atoms with E-state index in [1.165, 1.54) is 0 Å². The molecule has 0 spiro atoms. The zero-order valence-electron chi connectivity index (χ0n) is 14.3. The van der Waals surface area contributed by atoms with Gasteiger partial charge in [0.15, 0.2) is 11.5 Å². The Kier molecular flexibility index (Phi) is 5.64. The number of amides is 3. The summed E-state index contributed by atoms with van der Waals surface area (Å²) >= 11 is 0. The van der Waals surface area contributed by atoms with E-state index in [2.05, 4.69) is 22.5 Å². The van der Waals surface area contributed by atoms with E-state index < -0.39 is 11.9 Å². The third-order valence-electron chi connectivity index (χ3n) is 3.55. The first-order valence-electron chi connectivity index (χ1n) is 8.05. The van der Waals surface area contributed by atoms with Crippen molar-refractivity contribution in [1.29, 1.82) is 0 Å². The van der Waals surface area contributed by atoms with Crippen molar-refractivity contribution in [2.45, 2.75) is 0 Å². The Morgan fingerprint density at radius 2 is 1.93 bits per heavy atom. The summed E-state index contributed by atoms with van der Waals surface area (Å²) in [5.41, 5.74) is 6.14. The predicted molar refractivity (Wildman–Crippen MR) is 97.8 cm³/mol. The zero-order valence-corrected chi connectivity index (χ0v) is 14.3. The number of benzene rings is 2. The number of para-hydroxylation sites is 1. The Morgan fingerprint density at radius 3 is 2.78 bits per heavy atom. The van der Waals surface area contributed by atoms with Crippen LogP contribution in [0.4, 0.5) is 10.5 Å². The van der Waals surface area contributed by atoms with Gasteiger partial charge in [0, 0.05) is 11.8 Å². The monoisotopic (exact) mass is 367 g/mol. The highest BCUT2D eigenvalue weighted by atomic mass is 16.7. The summed E-state index contributed by atoms with van der Waals surface area (Å²) < 4.78 is 15.9. The molecule has 27 heavy (non-hydrogen) atoms. The van der Waals surface area contributed by atoms with Gasteiger partial charge >= 0.3 is 6.03 Å². The number of primary amides is 1. The molecule has 0 fully saturated rings. The van der Waals surface area contributed by atoms with Crippen molar-refractivity contribution in [3.63, 3.8) is 0 Å². The van der Waals surface area contributed by atoms with Crippen molar-refractivity contribution in [3.05, 3.63) is 48.0 Å². The summed E-state index contributed by atoms with van der Waals surface area (Å²) in [6.45, 7) is 0.375. The first kappa shape index (κ1) is 17.9. The molecule has 138 valence electrons. The zero-order chi connectivity index (χ0) is 19.1. The topological polar surface area (TPSA) is 112 Å². The van der Waals surface area contributed by atoms with Gasteiger partial charge in [-0.3, -0.25) is 4.79 Å². The number of hydrogen-bond acceptors (Lipinski definition) is 5. The van der Waals surface area contributed by atoms with Crippen molar-refractivity contribution in [3.8, 4) is 29.1 Å². The van der Waals surface area contributed by atoms with Gasteiger partial charge in [0.2, 0.25) is 6.79 Å². The smallest absolute Gasteiger partial charge is 0.319 e. The lowest BCUT2D eigenvalue weighted by molar-refractivity contribution is 0.0997. The van der Waals surface area contributed by atoms with Crippen molar-refractivity contribution < 1.29 is 23.8 Å². The number of carbonyl (C=O) groups is 2. The van der Waals surface area contributed by atoms with Gasteiger partial charge in [-0.15, -0.1) is 0 Å². The molecule has 1 aliphatic rings. The highest BCUT2D eigenvalue weighted by molar-refractivity contribution is 5.95. The van der Waals surface area contributed by atoms with Gasteiger partial charge in [0.25, 0.3) is 5.91 Å². The summed E-state index contributed by atoms with van der Waals surface area (Å²) in [7, 11) is 0. The Balaban J connectivity index is 1.41. The second-order valence-corrected chi connectivity index (χ2v) is 5.38. The molecule has 0 atom stereocenters. The van der Waals surface area contributed by atoms with Crippen molar-refractivity contribution in [2.24, 2.45) is 5.73 Å². The quantitative estimate of drug-likeness (QED) is 0.697. The molecule has 3 rings (SSSR count). The second-order valence-electron chi connectivity index (χ2n) is 5.38. The van der Waals surface area contributed by atoms with Crippen LogP contribution in [0.25, 0.3) is 0 Å². The van der Waals surface area contributed by atoms with E-state index in [1.807, 2.05) is 0 Å². The van der Waals surface area contributed by atoms with Gasteiger partial charge in [-0.05, 0) is 24.3 Å². The molecule has 1 heterocycles. The lowest BCUT2D eigenvalue weighted by Crippen LogP contribution is -2.28. The maximum atomic E-state index is 11.8. The summed E-state index contributed by atoms with van der Waals surface area (Å²) in [4.78, 5) is 23.1. The maximum absolute atomic E-state index is 11.8. The largest absolute Gasteiger partial charge is 0.480 e. The lowest BCUT2D eigenvalue weighted by atomic mass is 10.2. The Labute approximate surface area is 155 Å². The Morgan fingerprint density at radius 1 is 1.11 bits per heavy atom. The molecule has 3 amide bonds. The van der Waals surface area contributed by atoms with Gasteiger partial charge < -0.3 is 30.6 Å². The number of ether oxygens (including phenoxy) is 3. The van der Waals surface area contributed by atoms with E-state index in [4.69, 9.17) is 19.9 Å². The van der Waals surface area contributed by atoms with Crippen molar-refractivity contribution in [1.82, 2.24) is 5.32 Å². The minimum absolute atomic E-state index is 0.0652. The van der Waals surface area contributed by atoms with Crippen LogP contribution in [0.5, 0.6) is 17.2 Å². The summed E-state index contributed by atoms with van der Waals surface area (Å²) in [6.07, 6.45) is 0. The molecule has 0 aromatic heterocycles. The highest BCUT2D eigenvalue weighted by Gasteiger charge is 2.13. The number of hydrogen-bond donors (Lipinski definition) is 3. The summed E-state index contributed by atoms with van der Waals surface area (Å²) in [5, 5.41) is 5.27. The fraction of sp³-hybridized carbons (Fsp3) is 0.158. The summed E-state index contributed by atoms with van der Waals surface area (Å²) in [5.74, 6) is 6.53. The molecule has 0 radical (unpaired) electrons. The van der Waals surface area contributed by atoms with Gasteiger partial charge in [-0.25, -0.2) is 4.79 Å². The van der Waals surface area contributed by atoms with E-state index in [0.29, 0.717) is 28.5 Å². The van der Waals surface area contributed by atoms with E-state index >= 15 is 0 Å². The number of nitrogens with two attached hydrogens (primary N) is 1. The van der Waals surface area contributed by atoms with Crippen LogP contribution in [0, 0.1) is 11.8 Å². The highest BCUT2D eigenvalue weighted by Crippen LogP contribution is 2.34. The molecule has 8 heteroatoms.